The van der Waals surface area contributed by atoms with Gasteiger partial charge in [0.05, 0.1) is 22.6 Å². The second-order valence-electron chi connectivity index (χ2n) is 8.93. The highest BCUT2D eigenvalue weighted by Crippen LogP contribution is 2.32. The SMILES string of the molecule is C.CCCc1cn(C)c2c(=O)[nH]c(-c3cc(S(=O)(=O)N4CCN(CCO[NH2+][O-])CC4)ccc3OCC)nc12. The normalized spacial score (nSPS) is 15.1. The lowest BCUT2D eigenvalue weighted by molar-refractivity contribution is -0.850. The number of ether oxygens (including phenoxy) is 1. The number of nitrogens with zero attached hydrogens (tertiary/aromatic N) is 4. The van der Waals surface area contributed by atoms with Crippen LogP contribution in [0.4, 0.5) is 0 Å². The van der Waals surface area contributed by atoms with E-state index in [4.69, 9.17) is 14.6 Å². The topological polar surface area (TPSA) is 149 Å². The summed E-state index contributed by atoms with van der Waals surface area (Å²) in [5.41, 5.74) is 2.57. The first kappa shape index (κ1) is 29.7. The van der Waals surface area contributed by atoms with Crippen LogP contribution in [0.15, 0.2) is 34.1 Å². The molecule has 1 saturated heterocycles. The van der Waals surface area contributed by atoms with Gasteiger partial charge in [-0.25, -0.2) is 23.9 Å². The molecule has 0 atom stereocenters. The highest BCUT2D eigenvalue weighted by atomic mass is 32.2. The standard InChI is InChI=1S/C24H34N6O6S.CH4/c1-4-6-17-16-28(3)22-21(17)25-23(26-24(22)31)19-15-18(7-8-20(19)35-5-2)37(33,34)30-11-9-29(10-12-30)13-14-36-27-32;/h7-8,15-16H,4-6,9-14,27H2,1-3H3,(H,25,26,31);1H4. The number of aromatic nitrogens is 3. The second kappa shape index (κ2) is 12.8. The summed E-state index contributed by atoms with van der Waals surface area (Å²) in [5, 5.41) is 10.3. The first-order valence-corrected chi connectivity index (χ1v) is 13.9. The average molecular weight is 551 g/mol. The van der Waals surface area contributed by atoms with Crippen molar-refractivity contribution < 1.29 is 23.6 Å². The molecule has 3 aromatic rings. The van der Waals surface area contributed by atoms with Gasteiger partial charge in [0, 0.05) is 46.0 Å². The van der Waals surface area contributed by atoms with Crippen molar-refractivity contribution in [2.24, 2.45) is 7.05 Å². The molecule has 1 aliphatic rings. The van der Waals surface area contributed by atoms with Crippen molar-refractivity contribution in [2.45, 2.75) is 39.0 Å². The van der Waals surface area contributed by atoms with E-state index >= 15 is 0 Å². The zero-order valence-electron chi connectivity index (χ0n) is 21.4. The van der Waals surface area contributed by atoms with E-state index in [0.29, 0.717) is 67.3 Å². The first-order chi connectivity index (χ1) is 17.8. The fourth-order valence-corrected chi connectivity index (χ4v) is 6.11. The zero-order chi connectivity index (χ0) is 26.6. The van der Waals surface area contributed by atoms with Gasteiger partial charge in [0.1, 0.15) is 23.7 Å². The molecule has 0 radical (unpaired) electrons. The Morgan fingerprint density at radius 1 is 1.18 bits per heavy atom. The summed E-state index contributed by atoms with van der Waals surface area (Å²) in [4.78, 5) is 27.5. The van der Waals surface area contributed by atoms with Crippen LogP contribution in [-0.4, -0.2) is 78.1 Å². The van der Waals surface area contributed by atoms with E-state index in [1.54, 1.807) is 10.6 Å². The molecule has 0 spiro atoms. The second-order valence-corrected chi connectivity index (χ2v) is 10.9. The Hall–Kier alpha value is -2.81. The minimum atomic E-state index is -3.80. The summed E-state index contributed by atoms with van der Waals surface area (Å²) >= 11 is 0. The van der Waals surface area contributed by atoms with Crippen LogP contribution in [0.5, 0.6) is 5.75 Å². The minimum absolute atomic E-state index is 0. The maximum atomic E-state index is 13.5. The molecule has 3 N–H and O–H groups in total. The summed E-state index contributed by atoms with van der Waals surface area (Å²) in [5.74, 6) is 0.707. The molecule has 0 bridgehead atoms. The van der Waals surface area contributed by atoms with Crippen LogP contribution in [0.25, 0.3) is 22.4 Å². The van der Waals surface area contributed by atoms with Gasteiger partial charge >= 0.3 is 0 Å². The number of fused-ring (bicyclic) bond motifs is 1. The van der Waals surface area contributed by atoms with Crippen molar-refractivity contribution >= 4 is 21.1 Å². The van der Waals surface area contributed by atoms with Crippen molar-refractivity contribution in [3.63, 3.8) is 0 Å². The van der Waals surface area contributed by atoms with Crippen LogP contribution in [0.3, 0.4) is 0 Å². The maximum Gasteiger partial charge on any atom is 0.275 e. The van der Waals surface area contributed by atoms with Crippen LogP contribution in [0, 0.1) is 5.21 Å². The van der Waals surface area contributed by atoms with Crippen molar-refractivity contribution in [1.29, 1.82) is 0 Å². The smallest absolute Gasteiger partial charge is 0.275 e. The summed E-state index contributed by atoms with van der Waals surface area (Å²) in [6, 6.07) is 4.66. The first-order valence-electron chi connectivity index (χ1n) is 12.4. The Labute approximate surface area is 223 Å². The third-order valence-electron chi connectivity index (χ3n) is 6.49. The number of nitrogens with one attached hydrogen (secondary N) is 1. The van der Waals surface area contributed by atoms with Crippen LogP contribution in [0.1, 0.15) is 33.3 Å². The van der Waals surface area contributed by atoms with E-state index in [9.17, 15) is 18.4 Å². The number of quaternary nitrogens is 1. The molecule has 210 valence electrons. The van der Waals surface area contributed by atoms with Gasteiger partial charge in [-0.1, -0.05) is 20.8 Å². The predicted molar refractivity (Wildman–Crippen MR) is 145 cm³/mol. The Morgan fingerprint density at radius 3 is 2.58 bits per heavy atom. The summed E-state index contributed by atoms with van der Waals surface area (Å²) in [7, 11) is -1.99. The molecule has 4 rings (SSSR count). The van der Waals surface area contributed by atoms with Crippen molar-refractivity contribution in [2.75, 3.05) is 45.9 Å². The van der Waals surface area contributed by atoms with E-state index in [-0.39, 0.29) is 30.3 Å². The fourth-order valence-electron chi connectivity index (χ4n) is 4.67. The molecule has 38 heavy (non-hydrogen) atoms. The van der Waals surface area contributed by atoms with Gasteiger partial charge in [-0.05, 0) is 37.1 Å². The summed E-state index contributed by atoms with van der Waals surface area (Å²) in [6.07, 6.45) is 3.58. The van der Waals surface area contributed by atoms with E-state index in [0.717, 1.165) is 18.4 Å². The lowest BCUT2D eigenvalue weighted by Gasteiger charge is -2.33. The Balaban J connectivity index is 0.00000400. The number of H-pyrrole nitrogens is 1. The molecular formula is C25H38N6O6S. The summed E-state index contributed by atoms with van der Waals surface area (Å²) in [6.45, 7) is 6.80. The molecule has 3 heterocycles. The van der Waals surface area contributed by atoms with Crippen LogP contribution in [-0.2, 0) is 28.3 Å². The molecule has 2 aromatic heterocycles. The van der Waals surface area contributed by atoms with Crippen molar-refractivity contribution in [1.82, 2.24) is 23.7 Å². The predicted octanol–water partition coefficient (Wildman–Crippen LogP) is 1.22. The lowest BCUT2D eigenvalue weighted by Crippen LogP contribution is -2.76. The van der Waals surface area contributed by atoms with Gasteiger partial charge < -0.3 is 19.5 Å². The highest BCUT2D eigenvalue weighted by molar-refractivity contribution is 7.89. The molecule has 13 heteroatoms. The van der Waals surface area contributed by atoms with E-state index < -0.39 is 10.0 Å². The average Bonchev–Trinajstić information content (AvgIpc) is 3.20. The molecule has 1 fully saturated rings. The molecule has 1 aromatic carbocycles. The molecule has 0 saturated carbocycles. The number of piperazine rings is 1. The van der Waals surface area contributed by atoms with E-state index in [1.807, 2.05) is 20.2 Å². The Kier molecular flexibility index (Phi) is 10.0. The largest absolute Gasteiger partial charge is 0.601 e. The highest BCUT2D eigenvalue weighted by Gasteiger charge is 2.29. The monoisotopic (exact) mass is 550 g/mol. The Morgan fingerprint density at radius 2 is 1.92 bits per heavy atom. The van der Waals surface area contributed by atoms with Crippen molar-refractivity contribution in [3.05, 3.63) is 45.5 Å². The van der Waals surface area contributed by atoms with Gasteiger partial charge in [-0.2, -0.15) is 4.31 Å². The number of hydrogen-bond donors (Lipinski definition) is 2. The molecule has 1 aliphatic heterocycles. The van der Waals surface area contributed by atoms with Crippen molar-refractivity contribution in [3.8, 4) is 17.1 Å². The van der Waals surface area contributed by atoms with Gasteiger partial charge in [0.25, 0.3) is 5.56 Å². The lowest BCUT2D eigenvalue weighted by atomic mass is 10.1. The van der Waals surface area contributed by atoms with Gasteiger partial charge in [0.15, 0.2) is 0 Å². The van der Waals surface area contributed by atoms with Crippen LogP contribution < -0.4 is 15.9 Å². The van der Waals surface area contributed by atoms with Gasteiger partial charge in [-0.3, -0.25) is 9.69 Å². The Bertz CT molecular complexity index is 1400. The molecule has 0 aliphatic carbocycles. The number of nitrogens with two attached hydrogens (primary N) is 1. The van der Waals surface area contributed by atoms with E-state index in [1.165, 1.54) is 16.4 Å². The molecule has 0 amide bonds. The molecule has 12 nitrogen and oxygen atoms in total. The maximum absolute atomic E-state index is 13.5. The van der Waals surface area contributed by atoms with Gasteiger partial charge in [0.2, 0.25) is 10.0 Å². The number of rotatable bonds is 11. The number of aromatic amines is 1. The quantitative estimate of drug-likeness (QED) is 0.267. The zero-order valence-corrected chi connectivity index (χ0v) is 22.2. The molecular weight excluding hydrogens is 512 g/mol. The number of benzene rings is 1. The van der Waals surface area contributed by atoms with Crippen LogP contribution in [0.2, 0.25) is 0 Å². The number of aryl methyl sites for hydroxylation is 2. The summed E-state index contributed by atoms with van der Waals surface area (Å²) < 4.78 is 36.1. The fraction of sp³-hybridized carbons (Fsp3) is 0.520. The number of sulfonamides is 1. The van der Waals surface area contributed by atoms with Gasteiger partial charge in [-0.15, -0.1) is 0 Å². The minimum Gasteiger partial charge on any atom is -0.601 e. The van der Waals surface area contributed by atoms with E-state index in [2.05, 4.69) is 16.8 Å². The van der Waals surface area contributed by atoms with Crippen LogP contribution >= 0.6 is 0 Å². The third-order valence-corrected chi connectivity index (χ3v) is 8.38. The number of hydrogen-bond acceptors (Lipinski definition) is 8. The molecule has 0 unspecified atom stereocenters. The third kappa shape index (κ3) is 6.08.